The summed E-state index contributed by atoms with van der Waals surface area (Å²) in [6.07, 6.45) is 1.74. The monoisotopic (exact) mass is 451 g/mol. The van der Waals surface area contributed by atoms with Crippen LogP contribution in [0.5, 0.6) is 0 Å². The SMILES string of the molecule is CC(OC(=O)Nc1c(-c2ccc(N)cn2)nnn1C)c1cc(Br)cnc1Cl. The van der Waals surface area contributed by atoms with Crippen molar-refractivity contribution in [3.63, 3.8) is 0 Å². The number of halogens is 2. The molecule has 3 rings (SSSR count). The molecule has 1 unspecified atom stereocenters. The predicted molar refractivity (Wildman–Crippen MR) is 104 cm³/mol. The Bertz CT molecular complexity index is 977. The first-order valence-electron chi connectivity index (χ1n) is 7.75. The quantitative estimate of drug-likeness (QED) is 0.580. The van der Waals surface area contributed by atoms with Gasteiger partial charge in [-0.25, -0.2) is 14.5 Å². The maximum atomic E-state index is 12.4. The highest BCUT2D eigenvalue weighted by Crippen LogP contribution is 2.28. The molecule has 0 fully saturated rings. The number of ether oxygens (including phenoxy) is 1. The van der Waals surface area contributed by atoms with Gasteiger partial charge >= 0.3 is 6.09 Å². The average molecular weight is 453 g/mol. The minimum atomic E-state index is -0.694. The standard InChI is InChI=1S/C16H15BrClN7O2/c1-8(11-5-9(17)6-21-14(11)18)27-16(26)22-15-13(23-24-25(15)2)12-4-3-10(19)7-20-12/h3-8H,19H2,1-2H3,(H,22,26). The number of nitrogens with one attached hydrogen (secondary N) is 1. The summed E-state index contributed by atoms with van der Waals surface area (Å²) < 4.78 is 7.54. The number of nitrogens with zero attached hydrogens (tertiary/aromatic N) is 5. The molecule has 0 bridgehead atoms. The molecule has 140 valence electrons. The lowest BCUT2D eigenvalue weighted by molar-refractivity contribution is 0.121. The van der Waals surface area contributed by atoms with E-state index in [0.717, 1.165) is 4.47 Å². The summed E-state index contributed by atoms with van der Waals surface area (Å²) in [6.45, 7) is 1.69. The molecule has 3 aromatic rings. The fraction of sp³-hybridized carbons (Fsp3) is 0.188. The fourth-order valence-electron chi connectivity index (χ4n) is 2.29. The van der Waals surface area contributed by atoms with E-state index in [0.29, 0.717) is 28.5 Å². The van der Waals surface area contributed by atoms with E-state index in [1.165, 1.54) is 10.9 Å². The first kappa shape index (κ1) is 19.1. The van der Waals surface area contributed by atoms with Gasteiger partial charge in [-0.15, -0.1) is 5.10 Å². The summed E-state index contributed by atoms with van der Waals surface area (Å²) in [4.78, 5) is 20.6. The number of carbonyl (C=O) groups is 1. The largest absolute Gasteiger partial charge is 0.441 e. The molecule has 11 heteroatoms. The molecule has 0 aliphatic carbocycles. The molecule has 3 N–H and O–H groups in total. The van der Waals surface area contributed by atoms with Crippen molar-refractivity contribution < 1.29 is 9.53 Å². The summed E-state index contributed by atoms with van der Waals surface area (Å²) in [6, 6.07) is 5.11. The zero-order valence-corrected chi connectivity index (χ0v) is 16.7. The third-order valence-corrected chi connectivity index (χ3v) is 4.38. The Kier molecular flexibility index (Phi) is 5.57. The van der Waals surface area contributed by atoms with E-state index in [-0.39, 0.29) is 5.15 Å². The minimum absolute atomic E-state index is 0.257. The first-order valence-corrected chi connectivity index (χ1v) is 8.92. The van der Waals surface area contributed by atoms with Gasteiger partial charge in [-0.1, -0.05) is 16.8 Å². The highest BCUT2D eigenvalue weighted by molar-refractivity contribution is 9.10. The minimum Gasteiger partial charge on any atom is -0.441 e. The second-order valence-corrected chi connectivity index (χ2v) is 6.87. The zero-order valence-electron chi connectivity index (χ0n) is 14.3. The van der Waals surface area contributed by atoms with Crippen LogP contribution in [0.25, 0.3) is 11.4 Å². The number of carbonyl (C=O) groups excluding carboxylic acids is 1. The molecule has 3 heterocycles. The molecule has 1 atom stereocenters. The van der Waals surface area contributed by atoms with E-state index >= 15 is 0 Å². The molecule has 27 heavy (non-hydrogen) atoms. The number of aryl methyl sites for hydroxylation is 1. The molecule has 0 saturated heterocycles. The van der Waals surface area contributed by atoms with Crippen LogP contribution in [-0.2, 0) is 11.8 Å². The highest BCUT2D eigenvalue weighted by Gasteiger charge is 2.20. The van der Waals surface area contributed by atoms with E-state index in [2.05, 4.69) is 41.5 Å². The van der Waals surface area contributed by atoms with E-state index in [4.69, 9.17) is 22.1 Å². The number of rotatable bonds is 4. The maximum Gasteiger partial charge on any atom is 0.413 e. The van der Waals surface area contributed by atoms with E-state index < -0.39 is 12.2 Å². The van der Waals surface area contributed by atoms with Gasteiger partial charge in [0.15, 0.2) is 11.5 Å². The third kappa shape index (κ3) is 4.34. The molecule has 0 aromatic carbocycles. The third-order valence-electron chi connectivity index (χ3n) is 3.63. The number of nitrogen functional groups attached to an aromatic ring is 1. The van der Waals surface area contributed by atoms with E-state index in [9.17, 15) is 4.79 Å². The highest BCUT2D eigenvalue weighted by atomic mass is 79.9. The molecule has 3 aromatic heterocycles. The molecular weight excluding hydrogens is 438 g/mol. The molecule has 1 amide bonds. The number of aromatic nitrogens is 5. The number of nitrogens with two attached hydrogens (primary N) is 1. The molecule has 0 aliphatic heterocycles. The summed E-state index contributed by atoms with van der Waals surface area (Å²) in [5.41, 5.74) is 7.65. The van der Waals surface area contributed by atoms with Gasteiger partial charge in [0.25, 0.3) is 0 Å². The van der Waals surface area contributed by atoms with Crippen molar-refractivity contribution in [2.24, 2.45) is 7.05 Å². The number of hydrogen-bond acceptors (Lipinski definition) is 7. The van der Waals surface area contributed by atoms with Crippen molar-refractivity contribution in [2.75, 3.05) is 11.1 Å². The smallest absolute Gasteiger partial charge is 0.413 e. The van der Waals surface area contributed by atoms with Gasteiger partial charge in [-0.3, -0.25) is 10.3 Å². The Morgan fingerprint density at radius 3 is 2.85 bits per heavy atom. The van der Waals surface area contributed by atoms with Crippen LogP contribution in [-0.4, -0.2) is 31.1 Å². The van der Waals surface area contributed by atoms with Crippen molar-refractivity contribution in [1.82, 2.24) is 25.0 Å². The lowest BCUT2D eigenvalue weighted by Crippen LogP contribution is -2.18. The summed E-state index contributed by atoms with van der Waals surface area (Å²) in [7, 11) is 1.64. The molecule has 0 saturated carbocycles. The second kappa shape index (κ2) is 7.89. The second-order valence-electron chi connectivity index (χ2n) is 5.59. The fourth-order valence-corrected chi connectivity index (χ4v) is 2.89. The van der Waals surface area contributed by atoms with Crippen LogP contribution < -0.4 is 11.1 Å². The van der Waals surface area contributed by atoms with Crippen LogP contribution in [0.3, 0.4) is 0 Å². The number of hydrogen-bond donors (Lipinski definition) is 2. The maximum absolute atomic E-state index is 12.4. The topological polar surface area (TPSA) is 121 Å². The van der Waals surface area contributed by atoms with Gasteiger partial charge in [0, 0.05) is 23.3 Å². The van der Waals surface area contributed by atoms with Gasteiger partial charge in [0.1, 0.15) is 11.3 Å². The lowest BCUT2D eigenvalue weighted by atomic mass is 10.2. The van der Waals surface area contributed by atoms with Crippen LogP contribution in [0.15, 0.2) is 35.1 Å². The Morgan fingerprint density at radius 1 is 1.37 bits per heavy atom. The van der Waals surface area contributed by atoms with Crippen LogP contribution in [0.2, 0.25) is 5.15 Å². The Labute approximate surface area is 168 Å². The molecule has 9 nitrogen and oxygen atoms in total. The first-order chi connectivity index (χ1) is 12.8. The van der Waals surface area contributed by atoms with E-state index in [1.807, 2.05) is 0 Å². The molecular formula is C16H15BrClN7O2. The average Bonchev–Trinajstić information content (AvgIpc) is 2.98. The van der Waals surface area contributed by atoms with Gasteiger partial charge < -0.3 is 10.5 Å². The van der Waals surface area contributed by atoms with E-state index in [1.54, 1.807) is 38.4 Å². The van der Waals surface area contributed by atoms with Crippen LogP contribution in [0, 0.1) is 0 Å². The molecule has 0 radical (unpaired) electrons. The van der Waals surface area contributed by atoms with Gasteiger partial charge in [-0.05, 0) is 41.1 Å². The van der Waals surface area contributed by atoms with Crippen molar-refractivity contribution in [3.8, 4) is 11.4 Å². The lowest BCUT2D eigenvalue weighted by Gasteiger charge is -2.15. The number of pyridine rings is 2. The summed E-state index contributed by atoms with van der Waals surface area (Å²) >= 11 is 9.39. The molecule has 0 aliphatic rings. The zero-order chi connectivity index (χ0) is 19.6. The van der Waals surface area contributed by atoms with Crippen LogP contribution in [0.1, 0.15) is 18.6 Å². The van der Waals surface area contributed by atoms with Gasteiger partial charge in [-0.2, -0.15) is 0 Å². The Hall–Kier alpha value is -2.72. The van der Waals surface area contributed by atoms with Crippen LogP contribution in [0.4, 0.5) is 16.3 Å². The van der Waals surface area contributed by atoms with Crippen molar-refractivity contribution >= 4 is 45.1 Å². The summed E-state index contributed by atoms with van der Waals surface area (Å²) in [5, 5.41) is 10.8. The molecule has 0 spiro atoms. The number of amides is 1. The normalized spacial score (nSPS) is 11.9. The predicted octanol–water partition coefficient (Wildman–Crippen LogP) is 3.58. The van der Waals surface area contributed by atoms with Crippen molar-refractivity contribution in [1.29, 1.82) is 0 Å². The van der Waals surface area contributed by atoms with Crippen molar-refractivity contribution in [3.05, 3.63) is 45.8 Å². The summed E-state index contributed by atoms with van der Waals surface area (Å²) in [5.74, 6) is 0.336. The van der Waals surface area contributed by atoms with Crippen molar-refractivity contribution in [2.45, 2.75) is 13.0 Å². The van der Waals surface area contributed by atoms with Gasteiger partial charge in [0.2, 0.25) is 0 Å². The van der Waals surface area contributed by atoms with Gasteiger partial charge in [0.05, 0.1) is 17.6 Å². The van der Waals surface area contributed by atoms with Crippen LogP contribution >= 0.6 is 27.5 Å². The Morgan fingerprint density at radius 2 is 2.15 bits per heavy atom. The number of anilines is 2. The Balaban J connectivity index is 1.77.